The minimum Gasteiger partial charge on any atom is -0.393 e. The van der Waals surface area contributed by atoms with Crippen molar-refractivity contribution in [2.45, 2.75) is 32.8 Å². The third kappa shape index (κ3) is 6.25. The molecule has 0 bridgehead atoms. The van der Waals surface area contributed by atoms with E-state index < -0.39 is 0 Å². The first-order valence-electron chi connectivity index (χ1n) is 2.49. The third-order valence-electron chi connectivity index (χ3n) is 0.942. The van der Waals surface area contributed by atoms with Crippen molar-refractivity contribution in [3.63, 3.8) is 0 Å². The quantitative estimate of drug-likeness (QED) is 0.593. The van der Waals surface area contributed by atoms with E-state index in [9.17, 15) is 0 Å². The molecule has 0 saturated carbocycles. The van der Waals surface area contributed by atoms with E-state index in [-0.39, 0.29) is 18.5 Å². The van der Waals surface area contributed by atoms with Gasteiger partial charge in [0.1, 0.15) is 0 Å². The molecular formula is C5H13ClO. The van der Waals surface area contributed by atoms with Crippen LogP contribution in [0.25, 0.3) is 0 Å². The zero-order valence-electron chi connectivity index (χ0n) is 4.85. The van der Waals surface area contributed by atoms with Crippen molar-refractivity contribution >= 4 is 12.4 Å². The smallest absolute Gasteiger partial charge is 0.0535 e. The van der Waals surface area contributed by atoms with Gasteiger partial charge in [0, 0.05) is 0 Å². The monoisotopic (exact) mass is 124 g/mol. The largest absolute Gasteiger partial charge is 0.393 e. The summed E-state index contributed by atoms with van der Waals surface area (Å²) in [7, 11) is 0. The number of aliphatic hydroxyl groups excluding tert-OH is 1. The summed E-state index contributed by atoms with van der Waals surface area (Å²) in [6, 6.07) is 0. The average molecular weight is 125 g/mol. The summed E-state index contributed by atoms with van der Waals surface area (Å²) in [5.74, 6) is 0. The molecule has 0 aliphatic heterocycles. The van der Waals surface area contributed by atoms with Crippen LogP contribution in [-0.4, -0.2) is 11.2 Å². The summed E-state index contributed by atoms with van der Waals surface area (Å²) in [4.78, 5) is 0. The van der Waals surface area contributed by atoms with Crippen molar-refractivity contribution in [3.05, 3.63) is 0 Å². The first-order chi connectivity index (χ1) is 2.81. The molecule has 0 unspecified atom stereocenters. The van der Waals surface area contributed by atoms with Crippen LogP contribution in [0.4, 0.5) is 0 Å². The van der Waals surface area contributed by atoms with Crippen molar-refractivity contribution in [3.8, 4) is 0 Å². The Kier molecular flexibility index (Phi) is 9.17. The minimum atomic E-state index is -0.0648. The Balaban J connectivity index is 0. The molecule has 0 heterocycles. The van der Waals surface area contributed by atoms with E-state index in [1.54, 1.807) is 0 Å². The van der Waals surface area contributed by atoms with E-state index in [1.165, 1.54) is 0 Å². The predicted octanol–water partition coefficient (Wildman–Crippen LogP) is 1.59. The number of rotatable bonds is 2. The van der Waals surface area contributed by atoms with Crippen LogP contribution in [0.15, 0.2) is 0 Å². The number of hydrogen-bond acceptors (Lipinski definition) is 1. The number of aliphatic hydroxyl groups is 1. The first-order valence-corrected chi connectivity index (χ1v) is 2.49. The summed E-state index contributed by atoms with van der Waals surface area (Å²) < 4.78 is 0. The van der Waals surface area contributed by atoms with E-state index in [1.807, 2.05) is 13.8 Å². The fourth-order valence-corrected chi connectivity index (χ4v) is 0.289. The Morgan fingerprint density at radius 2 is 1.57 bits per heavy atom. The zero-order valence-corrected chi connectivity index (χ0v) is 5.66. The fraction of sp³-hybridized carbons (Fsp3) is 1.00. The van der Waals surface area contributed by atoms with Crippen molar-refractivity contribution in [2.24, 2.45) is 0 Å². The van der Waals surface area contributed by atoms with Gasteiger partial charge in [-0.05, 0) is 12.8 Å². The molecule has 2 heteroatoms. The third-order valence-corrected chi connectivity index (χ3v) is 0.942. The Morgan fingerprint density at radius 1 is 1.29 bits per heavy atom. The lowest BCUT2D eigenvalue weighted by atomic mass is 10.2. The standard InChI is InChI=1S/C5H12O.ClH/c1-3-5(6)4-2;/h5-6H,3-4H2,1-2H3;1H. The van der Waals surface area contributed by atoms with Gasteiger partial charge in [-0.15, -0.1) is 12.4 Å². The maximum Gasteiger partial charge on any atom is 0.0535 e. The first kappa shape index (κ1) is 10.3. The fourth-order valence-electron chi connectivity index (χ4n) is 0.289. The molecule has 0 aliphatic carbocycles. The van der Waals surface area contributed by atoms with Crippen molar-refractivity contribution < 1.29 is 5.11 Å². The Morgan fingerprint density at radius 3 is 1.57 bits per heavy atom. The molecule has 0 spiro atoms. The molecule has 0 aromatic carbocycles. The lowest BCUT2D eigenvalue weighted by Gasteiger charge is -1.98. The highest BCUT2D eigenvalue weighted by Crippen LogP contribution is 1.91. The van der Waals surface area contributed by atoms with Crippen molar-refractivity contribution in [1.29, 1.82) is 0 Å². The lowest BCUT2D eigenvalue weighted by molar-refractivity contribution is 0.166. The topological polar surface area (TPSA) is 20.2 Å². The summed E-state index contributed by atoms with van der Waals surface area (Å²) in [6.07, 6.45) is 1.71. The van der Waals surface area contributed by atoms with E-state index in [0.29, 0.717) is 0 Å². The molecule has 1 N–H and O–H groups in total. The summed E-state index contributed by atoms with van der Waals surface area (Å²) in [5, 5.41) is 8.67. The van der Waals surface area contributed by atoms with Gasteiger partial charge in [-0.3, -0.25) is 0 Å². The zero-order chi connectivity index (χ0) is 4.99. The summed E-state index contributed by atoms with van der Waals surface area (Å²) in [6.45, 7) is 3.96. The van der Waals surface area contributed by atoms with Crippen LogP contribution >= 0.6 is 12.4 Å². The van der Waals surface area contributed by atoms with Gasteiger partial charge in [-0.25, -0.2) is 0 Å². The molecule has 0 rings (SSSR count). The van der Waals surface area contributed by atoms with Gasteiger partial charge >= 0.3 is 0 Å². The van der Waals surface area contributed by atoms with Crippen LogP contribution in [0.1, 0.15) is 26.7 Å². The molecular weight excluding hydrogens is 112 g/mol. The minimum absolute atomic E-state index is 0. The predicted molar refractivity (Wildman–Crippen MR) is 33.8 cm³/mol. The molecule has 0 radical (unpaired) electrons. The molecule has 0 amide bonds. The number of hydrogen-bond donors (Lipinski definition) is 1. The second-order valence-electron chi connectivity index (χ2n) is 1.47. The normalized spacial score (nSPS) is 8.57. The van der Waals surface area contributed by atoms with Gasteiger partial charge in [-0.2, -0.15) is 0 Å². The SMILES string of the molecule is CCC(O)CC.Cl. The highest BCUT2D eigenvalue weighted by atomic mass is 35.5. The van der Waals surface area contributed by atoms with Crippen molar-refractivity contribution in [2.75, 3.05) is 0 Å². The van der Waals surface area contributed by atoms with E-state index in [4.69, 9.17) is 5.11 Å². The molecule has 46 valence electrons. The molecule has 0 atom stereocenters. The Hall–Kier alpha value is 0.250. The molecule has 0 aromatic rings. The van der Waals surface area contributed by atoms with E-state index in [2.05, 4.69) is 0 Å². The van der Waals surface area contributed by atoms with Gasteiger partial charge in [0.25, 0.3) is 0 Å². The van der Waals surface area contributed by atoms with Gasteiger partial charge in [-0.1, -0.05) is 13.8 Å². The van der Waals surface area contributed by atoms with Gasteiger partial charge in [0.15, 0.2) is 0 Å². The van der Waals surface area contributed by atoms with Crippen LogP contribution in [-0.2, 0) is 0 Å². The molecule has 0 fully saturated rings. The van der Waals surface area contributed by atoms with Crippen LogP contribution in [0.3, 0.4) is 0 Å². The molecule has 0 aromatic heterocycles. The lowest BCUT2D eigenvalue weighted by Crippen LogP contribution is -1.99. The maximum absolute atomic E-state index is 8.67. The number of halogens is 1. The average Bonchev–Trinajstić information content (AvgIpc) is 1.65. The van der Waals surface area contributed by atoms with Crippen LogP contribution in [0.2, 0.25) is 0 Å². The van der Waals surface area contributed by atoms with Gasteiger partial charge < -0.3 is 5.11 Å². The Bertz CT molecular complexity index is 27.3. The van der Waals surface area contributed by atoms with Crippen LogP contribution < -0.4 is 0 Å². The van der Waals surface area contributed by atoms with Gasteiger partial charge in [0.05, 0.1) is 6.10 Å². The maximum atomic E-state index is 8.67. The highest BCUT2D eigenvalue weighted by Gasteiger charge is 1.90. The highest BCUT2D eigenvalue weighted by molar-refractivity contribution is 5.85. The molecule has 0 saturated heterocycles. The van der Waals surface area contributed by atoms with Crippen LogP contribution in [0.5, 0.6) is 0 Å². The summed E-state index contributed by atoms with van der Waals surface area (Å²) in [5.41, 5.74) is 0. The summed E-state index contributed by atoms with van der Waals surface area (Å²) >= 11 is 0. The van der Waals surface area contributed by atoms with Gasteiger partial charge in [0.2, 0.25) is 0 Å². The van der Waals surface area contributed by atoms with E-state index in [0.717, 1.165) is 12.8 Å². The second-order valence-corrected chi connectivity index (χ2v) is 1.47. The van der Waals surface area contributed by atoms with E-state index >= 15 is 0 Å². The molecule has 7 heavy (non-hydrogen) atoms. The molecule has 0 aliphatic rings. The molecule has 1 nitrogen and oxygen atoms in total. The second kappa shape index (κ2) is 6.25. The van der Waals surface area contributed by atoms with Crippen LogP contribution in [0, 0.1) is 0 Å². The Labute approximate surface area is 51.1 Å². The van der Waals surface area contributed by atoms with Crippen molar-refractivity contribution in [1.82, 2.24) is 0 Å².